The molecule has 0 aromatic heterocycles. The summed E-state index contributed by atoms with van der Waals surface area (Å²) in [6.07, 6.45) is 11.5. The fraction of sp³-hybridized carbons (Fsp3) is 0.882. The number of carboxylic acid groups (broad SMARTS) is 2. The van der Waals surface area contributed by atoms with Crippen LogP contribution in [-0.4, -0.2) is 47.8 Å². The summed E-state index contributed by atoms with van der Waals surface area (Å²) in [6.45, 7) is 2.24. The molecule has 0 aromatic rings. The summed E-state index contributed by atoms with van der Waals surface area (Å²) in [4.78, 5) is 19.9. The molecule has 0 heterocycles. The largest absolute Gasteiger partial charge is 1.00 e. The molecule has 0 spiro atoms. The third-order valence-electron chi connectivity index (χ3n) is 3.71. The van der Waals surface area contributed by atoms with Crippen molar-refractivity contribution in [3.63, 3.8) is 0 Å². The molecule has 0 saturated heterocycles. The number of hydrogen-bond donors (Lipinski definition) is 3. The molecule has 0 fully saturated rings. The van der Waals surface area contributed by atoms with Crippen LogP contribution in [-0.2, 0) is 24.2 Å². The third-order valence-corrected chi connectivity index (χ3v) is 4.17. The molecule has 0 aromatic carbocycles. The summed E-state index contributed by atoms with van der Waals surface area (Å²) in [5.41, 5.74) is 5.00. The Kier molecular flexibility index (Phi) is 26.1. The Morgan fingerprint density at radius 2 is 1.39 bits per heavy atom. The van der Waals surface area contributed by atoms with E-state index in [-0.39, 0.29) is 70.8 Å². The van der Waals surface area contributed by atoms with Crippen LogP contribution in [0, 0.1) is 0 Å². The van der Waals surface area contributed by atoms with Gasteiger partial charge in [-0.05, 0) is 12.8 Å². The SMILES string of the molecule is CCCCCCCCCCCCOS(=O)(=O)[O-].NC(CCC(=O)O)C(=O)O.[K+]. The number of carboxylic acids is 2. The number of unbranched alkanes of at least 4 members (excludes halogenated alkanes) is 9. The molecule has 0 aliphatic heterocycles. The molecule has 1 unspecified atom stereocenters. The van der Waals surface area contributed by atoms with E-state index in [4.69, 9.17) is 15.9 Å². The van der Waals surface area contributed by atoms with Crippen molar-refractivity contribution < 1.29 is 88.3 Å². The van der Waals surface area contributed by atoms with Gasteiger partial charge >= 0.3 is 63.3 Å². The van der Waals surface area contributed by atoms with Gasteiger partial charge in [-0.2, -0.15) is 0 Å². The van der Waals surface area contributed by atoms with E-state index in [1.54, 1.807) is 0 Å². The first-order valence-electron chi connectivity index (χ1n) is 9.40. The monoisotopic (exact) mass is 451 g/mol. The van der Waals surface area contributed by atoms with Gasteiger partial charge in [-0.1, -0.05) is 64.7 Å². The van der Waals surface area contributed by atoms with Gasteiger partial charge in [0.05, 0.1) is 6.61 Å². The topological polar surface area (TPSA) is 167 Å². The number of hydrogen-bond acceptors (Lipinski definition) is 7. The van der Waals surface area contributed by atoms with Gasteiger partial charge in [-0.3, -0.25) is 13.8 Å². The van der Waals surface area contributed by atoms with Crippen LogP contribution < -0.4 is 57.1 Å². The third kappa shape index (κ3) is 31.1. The van der Waals surface area contributed by atoms with Gasteiger partial charge in [-0.15, -0.1) is 0 Å². The predicted octanol–water partition coefficient (Wildman–Crippen LogP) is -0.349. The standard InChI is InChI=1S/C12H26O4S.C5H9NO4.K/c1-2-3-4-5-6-7-8-9-10-11-12-16-17(13,14)15;6-3(5(9)10)1-2-4(7)8;/h2-12H2,1H3,(H,13,14,15);3H,1-2,6H2,(H,7,8)(H,9,10);/q;;+1/p-1. The van der Waals surface area contributed by atoms with Crippen molar-refractivity contribution in [3.05, 3.63) is 0 Å². The molecule has 0 aliphatic rings. The summed E-state index contributed by atoms with van der Waals surface area (Å²) < 4.78 is 34.5. The quantitative estimate of drug-likeness (QED) is 0.123. The molecule has 9 nitrogen and oxygen atoms in total. The van der Waals surface area contributed by atoms with Crippen molar-refractivity contribution in [2.24, 2.45) is 5.73 Å². The molecule has 0 radical (unpaired) electrons. The number of nitrogens with two attached hydrogens (primary N) is 1. The van der Waals surface area contributed by atoms with E-state index in [2.05, 4.69) is 11.1 Å². The van der Waals surface area contributed by atoms with Crippen molar-refractivity contribution in [2.75, 3.05) is 6.61 Å². The summed E-state index contributed by atoms with van der Waals surface area (Å²) in [6, 6.07) is -1.06. The molecule has 0 bridgehead atoms. The van der Waals surface area contributed by atoms with Gasteiger partial charge in [-0.25, -0.2) is 8.42 Å². The second-order valence-corrected chi connectivity index (χ2v) is 7.34. The van der Waals surface area contributed by atoms with E-state index in [0.717, 1.165) is 12.8 Å². The Labute approximate surface area is 211 Å². The Morgan fingerprint density at radius 3 is 1.75 bits per heavy atom. The minimum absolute atomic E-state index is 0. The Balaban J connectivity index is -0.000000489. The Morgan fingerprint density at radius 1 is 0.964 bits per heavy atom. The molecule has 4 N–H and O–H groups in total. The fourth-order valence-corrected chi connectivity index (χ4v) is 2.47. The normalized spacial score (nSPS) is 11.7. The van der Waals surface area contributed by atoms with E-state index in [9.17, 15) is 22.6 Å². The van der Waals surface area contributed by atoms with Crippen LogP contribution in [0.3, 0.4) is 0 Å². The molecular formula is C17H34KNO8S. The second kappa shape index (κ2) is 22.1. The molecule has 1 atom stereocenters. The Bertz CT molecular complexity index is 488. The first kappa shape index (κ1) is 33.1. The van der Waals surface area contributed by atoms with Crippen molar-refractivity contribution in [3.8, 4) is 0 Å². The first-order valence-corrected chi connectivity index (χ1v) is 10.7. The smallest absolute Gasteiger partial charge is 0.726 e. The molecule has 162 valence electrons. The van der Waals surface area contributed by atoms with Gasteiger partial charge in [0.1, 0.15) is 6.04 Å². The number of aliphatic carboxylic acids is 2. The van der Waals surface area contributed by atoms with Gasteiger partial charge in [0, 0.05) is 6.42 Å². The van der Waals surface area contributed by atoms with E-state index in [1.807, 2.05) is 0 Å². The molecule has 0 saturated carbocycles. The van der Waals surface area contributed by atoms with E-state index < -0.39 is 28.4 Å². The average molecular weight is 452 g/mol. The van der Waals surface area contributed by atoms with E-state index in [0.29, 0.717) is 6.42 Å². The van der Waals surface area contributed by atoms with Crippen LogP contribution in [0.5, 0.6) is 0 Å². The molecule has 0 aliphatic carbocycles. The number of rotatable bonds is 16. The van der Waals surface area contributed by atoms with Crippen molar-refractivity contribution >= 4 is 22.3 Å². The van der Waals surface area contributed by atoms with Crippen LogP contribution in [0.4, 0.5) is 0 Å². The van der Waals surface area contributed by atoms with Crippen LogP contribution in [0.15, 0.2) is 0 Å². The second-order valence-electron chi connectivity index (χ2n) is 6.29. The first-order chi connectivity index (χ1) is 12.6. The summed E-state index contributed by atoms with van der Waals surface area (Å²) in [7, 11) is -4.48. The maximum Gasteiger partial charge on any atom is 1.00 e. The molecular weight excluding hydrogens is 417 g/mol. The van der Waals surface area contributed by atoms with Crippen molar-refractivity contribution in [1.29, 1.82) is 0 Å². The minimum atomic E-state index is -4.48. The van der Waals surface area contributed by atoms with Gasteiger partial charge < -0.3 is 20.5 Å². The van der Waals surface area contributed by atoms with Crippen molar-refractivity contribution in [2.45, 2.75) is 90.0 Å². The predicted molar refractivity (Wildman–Crippen MR) is 100.0 cm³/mol. The minimum Gasteiger partial charge on any atom is -0.726 e. The fourth-order valence-electron chi connectivity index (χ4n) is 2.15. The van der Waals surface area contributed by atoms with Crippen LogP contribution in [0.1, 0.15) is 84.0 Å². The van der Waals surface area contributed by atoms with Crippen LogP contribution in [0.25, 0.3) is 0 Å². The van der Waals surface area contributed by atoms with Crippen LogP contribution >= 0.6 is 0 Å². The Hall–Kier alpha value is 0.406. The molecule has 0 rings (SSSR count). The maximum absolute atomic E-state index is 10.1. The zero-order chi connectivity index (χ0) is 21.1. The molecule has 28 heavy (non-hydrogen) atoms. The zero-order valence-corrected chi connectivity index (χ0v) is 21.0. The van der Waals surface area contributed by atoms with Crippen molar-refractivity contribution in [1.82, 2.24) is 0 Å². The summed E-state index contributed by atoms with van der Waals surface area (Å²) >= 11 is 0. The summed E-state index contributed by atoms with van der Waals surface area (Å²) in [5, 5.41) is 16.3. The zero-order valence-electron chi connectivity index (χ0n) is 17.1. The maximum atomic E-state index is 10.1. The summed E-state index contributed by atoms with van der Waals surface area (Å²) in [5.74, 6) is -2.20. The van der Waals surface area contributed by atoms with Gasteiger partial charge in [0.15, 0.2) is 0 Å². The van der Waals surface area contributed by atoms with Gasteiger partial charge in [0.2, 0.25) is 10.4 Å². The van der Waals surface area contributed by atoms with Crippen LogP contribution in [0.2, 0.25) is 0 Å². The molecule has 11 heteroatoms. The van der Waals surface area contributed by atoms with Gasteiger partial charge in [0.25, 0.3) is 0 Å². The number of carbonyl (C=O) groups is 2. The van der Waals surface area contributed by atoms with E-state index in [1.165, 1.54) is 44.9 Å². The van der Waals surface area contributed by atoms with E-state index >= 15 is 0 Å². The average Bonchev–Trinajstić information content (AvgIpc) is 2.57. The molecule has 0 amide bonds.